The van der Waals surface area contributed by atoms with E-state index in [2.05, 4.69) is 21.4 Å². The lowest BCUT2D eigenvalue weighted by atomic mass is 9.96. The van der Waals surface area contributed by atoms with E-state index in [-0.39, 0.29) is 12.0 Å². The molecule has 0 aliphatic carbocycles. The van der Waals surface area contributed by atoms with Gasteiger partial charge in [0.15, 0.2) is 0 Å². The first-order valence-electron chi connectivity index (χ1n) is 6.28. The molecule has 0 bridgehead atoms. The van der Waals surface area contributed by atoms with E-state index in [1.165, 1.54) is 25.1 Å². The van der Waals surface area contributed by atoms with Crippen LogP contribution in [0.2, 0.25) is 0 Å². The number of aryl methyl sites for hydroxylation is 1. The van der Waals surface area contributed by atoms with Crippen molar-refractivity contribution in [2.24, 2.45) is 5.84 Å². The summed E-state index contributed by atoms with van der Waals surface area (Å²) in [5.41, 5.74) is 2.80. The van der Waals surface area contributed by atoms with Gasteiger partial charge in [0.25, 0.3) is 0 Å². The van der Waals surface area contributed by atoms with Gasteiger partial charge in [-0.1, -0.05) is 22.0 Å². The average Bonchev–Trinajstić information content (AvgIpc) is 2.45. The summed E-state index contributed by atoms with van der Waals surface area (Å²) in [6.07, 6.45) is 0.0269. The van der Waals surface area contributed by atoms with Crippen molar-refractivity contribution in [3.63, 3.8) is 0 Å². The fourth-order valence-electron chi connectivity index (χ4n) is 2.16. The Hall–Kier alpha value is -1.37. The van der Waals surface area contributed by atoms with E-state index in [1.54, 1.807) is 12.1 Å². The van der Waals surface area contributed by atoms with E-state index in [4.69, 9.17) is 5.84 Å². The Bertz CT molecular complexity index is 662. The van der Waals surface area contributed by atoms with E-state index in [9.17, 15) is 13.2 Å². The highest BCUT2D eigenvalue weighted by atomic mass is 79.9. The molecule has 0 radical (unpaired) electrons. The van der Waals surface area contributed by atoms with Crippen molar-refractivity contribution < 1.29 is 13.2 Å². The van der Waals surface area contributed by atoms with Crippen LogP contribution in [-0.4, -0.2) is 0 Å². The SMILES string of the molecule is Cc1ccc(F)c(C(Cc2cc(Br)ccc2F)NN)c1F. The Balaban J connectivity index is 2.41. The average molecular weight is 359 g/mol. The topological polar surface area (TPSA) is 38.0 Å². The molecule has 2 rings (SSSR count). The maximum atomic E-state index is 14.1. The molecule has 2 aromatic rings. The Morgan fingerprint density at radius 2 is 1.81 bits per heavy atom. The largest absolute Gasteiger partial charge is 0.271 e. The van der Waals surface area contributed by atoms with Gasteiger partial charge >= 0.3 is 0 Å². The first-order chi connectivity index (χ1) is 9.93. The highest BCUT2D eigenvalue weighted by Crippen LogP contribution is 2.27. The Morgan fingerprint density at radius 3 is 2.48 bits per heavy atom. The second kappa shape index (κ2) is 6.60. The number of hydrogen-bond donors (Lipinski definition) is 2. The van der Waals surface area contributed by atoms with Crippen molar-refractivity contribution in [3.8, 4) is 0 Å². The first kappa shape index (κ1) is 16.0. The van der Waals surface area contributed by atoms with Crippen LogP contribution in [0.1, 0.15) is 22.7 Å². The number of hydrazine groups is 1. The van der Waals surface area contributed by atoms with Gasteiger partial charge in [-0.05, 0) is 48.7 Å². The molecule has 0 saturated carbocycles. The zero-order chi connectivity index (χ0) is 15.6. The number of nitrogens with two attached hydrogens (primary N) is 1. The minimum Gasteiger partial charge on any atom is -0.271 e. The number of halogens is 4. The zero-order valence-electron chi connectivity index (χ0n) is 11.3. The summed E-state index contributed by atoms with van der Waals surface area (Å²) in [4.78, 5) is 0. The number of rotatable bonds is 4. The summed E-state index contributed by atoms with van der Waals surface area (Å²) in [5, 5.41) is 0. The number of benzene rings is 2. The molecule has 112 valence electrons. The summed E-state index contributed by atoms with van der Waals surface area (Å²) < 4.78 is 42.5. The number of hydrogen-bond acceptors (Lipinski definition) is 2. The molecule has 1 unspecified atom stereocenters. The standard InChI is InChI=1S/C15H14BrF3N2/c1-8-2-4-12(18)14(15(8)19)13(21-20)7-9-6-10(16)3-5-11(9)17/h2-6,13,21H,7,20H2,1H3. The van der Waals surface area contributed by atoms with Gasteiger partial charge in [0.2, 0.25) is 0 Å². The molecule has 0 fully saturated rings. The van der Waals surface area contributed by atoms with Crippen LogP contribution in [0, 0.1) is 24.4 Å². The molecule has 0 spiro atoms. The molecule has 0 aliphatic heterocycles. The molecule has 2 nitrogen and oxygen atoms in total. The van der Waals surface area contributed by atoms with E-state index in [0.29, 0.717) is 15.6 Å². The van der Waals surface area contributed by atoms with Gasteiger partial charge in [-0.2, -0.15) is 0 Å². The molecule has 2 aromatic carbocycles. The smallest absolute Gasteiger partial charge is 0.133 e. The summed E-state index contributed by atoms with van der Waals surface area (Å²) >= 11 is 3.24. The maximum Gasteiger partial charge on any atom is 0.133 e. The van der Waals surface area contributed by atoms with Crippen LogP contribution in [0.25, 0.3) is 0 Å². The van der Waals surface area contributed by atoms with Gasteiger partial charge < -0.3 is 0 Å². The van der Waals surface area contributed by atoms with E-state index in [0.717, 1.165) is 0 Å². The van der Waals surface area contributed by atoms with E-state index < -0.39 is 23.5 Å². The van der Waals surface area contributed by atoms with Crippen LogP contribution < -0.4 is 11.3 Å². The third-order valence-electron chi connectivity index (χ3n) is 3.30. The van der Waals surface area contributed by atoms with E-state index >= 15 is 0 Å². The Labute approximate surface area is 129 Å². The van der Waals surface area contributed by atoms with E-state index in [1.807, 2.05) is 0 Å². The van der Waals surface area contributed by atoms with Crippen LogP contribution >= 0.6 is 15.9 Å². The lowest BCUT2D eigenvalue weighted by Gasteiger charge is -2.19. The molecule has 0 amide bonds. The van der Waals surface area contributed by atoms with Crippen molar-refractivity contribution in [1.29, 1.82) is 0 Å². The molecule has 3 N–H and O–H groups in total. The zero-order valence-corrected chi connectivity index (χ0v) is 12.8. The van der Waals surface area contributed by atoms with Gasteiger partial charge in [0, 0.05) is 10.0 Å². The molecule has 0 heterocycles. The minimum atomic E-state index is -0.867. The molecule has 1 atom stereocenters. The quantitative estimate of drug-likeness (QED) is 0.642. The summed E-state index contributed by atoms with van der Waals surface area (Å²) in [6.45, 7) is 1.53. The third kappa shape index (κ3) is 3.45. The summed E-state index contributed by atoms with van der Waals surface area (Å²) in [6, 6.07) is 6.06. The monoisotopic (exact) mass is 358 g/mol. The van der Waals surface area contributed by atoms with Crippen molar-refractivity contribution >= 4 is 15.9 Å². The van der Waals surface area contributed by atoms with Crippen molar-refractivity contribution in [2.75, 3.05) is 0 Å². The molecule has 0 aromatic heterocycles. The van der Waals surface area contributed by atoms with Crippen LogP contribution in [0.3, 0.4) is 0 Å². The molecular weight excluding hydrogens is 345 g/mol. The minimum absolute atomic E-state index is 0.0269. The van der Waals surface area contributed by atoms with Gasteiger partial charge in [-0.25, -0.2) is 13.2 Å². The second-order valence-electron chi connectivity index (χ2n) is 4.75. The summed E-state index contributed by atoms with van der Waals surface area (Å²) in [7, 11) is 0. The molecule has 0 aliphatic rings. The maximum absolute atomic E-state index is 14.1. The van der Waals surface area contributed by atoms with Gasteiger partial charge in [-0.15, -0.1) is 0 Å². The molecule has 21 heavy (non-hydrogen) atoms. The molecule has 6 heteroatoms. The van der Waals surface area contributed by atoms with Gasteiger partial charge in [0.1, 0.15) is 17.5 Å². The predicted molar refractivity (Wildman–Crippen MR) is 79.0 cm³/mol. The van der Waals surface area contributed by atoms with Crippen LogP contribution in [0.4, 0.5) is 13.2 Å². The van der Waals surface area contributed by atoms with Crippen LogP contribution in [0.5, 0.6) is 0 Å². The highest BCUT2D eigenvalue weighted by Gasteiger charge is 2.22. The van der Waals surface area contributed by atoms with Crippen molar-refractivity contribution in [2.45, 2.75) is 19.4 Å². The lowest BCUT2D eigenvalue weighted by Crippen LogP contribution is -2.31. The van der Waals surface area contributed by atoms with Crippen LogP contribution in [-0.2, 0) is 6.42 Å². The Morgan fingerprint density at radius 1 is 1.14 bits per heavy atom. The molecule has 0 saturated heterocycles. The first-order valence-corrected chi connectivity index (χ1v) is 7.08. The normalized spacial score (nSPS) is 12.5. The Kier molecular flexibility index (Phi) is 5.03. The van der Waals surface area contributed by atoms with Crippen molar-refractivity contribution in [3.05, 3.63) is 68.9 Å². The van der Waals surface area contributed by atoms with Gasteiger partial charge in [0.05, 0.1) is 6.04 Å². The van der Waals surface area contributed by atoms with Crippen molar-refractivity contribution in [1.82, 2.24) is 5.43 Å². The van der Waals surface area contributed by atoms with Crippen LogP contribution in [0.15, 0.2) is 34.8 Å². The highest BCUT2D eigenvalue weighted by molar-refractivity contribution is 9.10. The lowest BCUT2D eigenvalue weighted by molar-refractivity contribution is 0.463. The predicted octanol–water partition coefficient (Wildman–Crippen LogP) is 3.92. The third-order valence-corrected chi connectivity index (χ3v) is 3.79. The fourth-order valence-corrected chi connectivity index (χ4v) is 2.57. The summed E-state index contributed by atoms with van der Waals surface area (Å²) in [5.74, 6) is 3.57. The fraction of sp³-hybridized carbons (Fsp3) is 0.200. The second-order valence-corrected chi connectivity index (χ2v) is 5.67. The van der Waals surface area contributed by atoms with Gasteiger partial charge in [-0.3, -0.25) is 11.3 Å². The number of nitrogens with one attached hydrogen (secondary N) is 1. The molecular formula is C15H14BrF3N2.